The van der Waals surface area contributed by atoms with Gasteiger partial charge >= 0.3 is 0 Å². The van der Waals surface area contributed by atoms with Gasteiger partial charge in [-0.3, -0.25) is 0 Å². The average Bonchev–Trinajstić information content (AvgIpc) is 2.76. The van der Waals surface area contributed by atoms with E-state index < -0.39 is 10.0 Å². The minimum atomic E-state index is -3.44. The van der Waals surface area contributed by atoms with Crippen molar-refractivity contribution < 1.29 is 8.42 Å². The van der Waals surface area contributed by atoms with Crippen LogP contribution in [0.4, 0.5) is 0 Å². The molecule has 0 fully saturated rings. The second-order valence-corrected chi connectivity index (χ2v) is 7.07. The molecule has 3 N–H and O–H groups in total. The standard InChI is InChI=1S/C13H26N4O2S/c1-11(2)16(3)7-5-6-15-20(18,19)13-8-12(9-14)17(4)10-13/h8,10-11,15H,5-7,9,14H2,1-4H3. The highest BCUT2D eigenvalue weighted by molar-refractivity contribution is 7.89. The van der Waals surface area contributed by atoms with Gasteiger partial charge in [-0.05, 0) is 39.9 Å². The lowest BCUT2D eigenvalue weighted by Crippen LogP contribution is -2.31. The third-order valence-electron chi connectivity index (χ3n) is 3.46. The zero-order valence-corrected chi connectivity index (χ0v) is 13.6. The number of aryl methyl sites for hydroxylation is 1. The first-order chi connectivity index (χ1) is 9.27. The number of nitrogens with one attached hydrogen (secondary N) is 1. The summed E-state index contributed by atoms with van der Waals surface area (Å²) in [5, 5.41) is 0. The normalized spacial score (nSPS) is 12.6. The molecule has 0 bridgehead atoms. The van der Waals surface area contributed by atoms with Crippen molar-refractivity contribution in [1.29, 1.82) is 0 Å². The fourth-order valence-electron chi connectivity index (χ4n) is 1.80. The summed E-state index contributed by atoms with van der Waals surface area (Å²) in [7, 11) is 0.387. The monoisotopic (exact) mass is 302 g/mol. The molecule has 1 heterocycles. The van der Waals surface area contributed by atoms with Crippen molar-refractivity contribution in [3.8, 4) is 0 Å². The molecular formula is C13H26N4O2S. The van der Waals surface area contributed by atoms with Gasteiger partial charge in [0.1, 0.15) is 0 Å². The van der Waals surface area contributed by atoms with E-state index in [1.807, 2.05) is 7.05 Å². The highest BCUT2D eigenvalue weighted by Gasteiger charge is 2.16. The Hall–Kier alpha value is -0.890. The lowest BCUT2D eigenvalue weighted by atomic mass is 10.3. The van der Waals surface area contributed by atoms with Crippen LogP contribution in [0.3, 0.4) is 0 Å². The Bertz CT molecular complexity index is 522. The molecule has 0 atom stereocenters. The Balaban J connectivity index is 2.53. The van der Waals surface area contributed by atoms with Gasteiger partial charge in [-0.1, -0.05) is 0 Å². The predicted molar refractivity (Wildman–Crippen MR) is 80.9 cm³/mol. The van der Waals surface area contributed by atoms with Crippen molar-refractivity contribution in [2.24, 2.45) is 12.8 Å². The van der Waals surface area contributed by atoms with Gasteiger partial charge in [-0.25, -0.2) is 13.1 Å². The SMILES string of the molecule is CC(C)N(C)CCCNS(=O)(=O)c1cc(CN)n(C)c1. The highest BCUT2D eigenvalue weighted by Crippen LogP contribution is 2.12. The number of aromatic nitrogens is 1. The van der Waals surface area contributed by atoms with Crippen LogP contribution in [0.25, 0.3) is 0 Å². The first-order valence-electron chi connectivity index (χ1n) is 6.83. The quantitative estimate of drug-likeness (QED) is 0.685. The van der Waals surface area contributed by atoms with Crippen LogP contribution < -0.4 is 10.5 Å². The van der Waals surface area contributed by atoms with Crippen LogP contribution in [0.5, 0.6) is 0 Å². The molecule has 0 aromatic carbocycles. The van der Waals surface area contributed by atoms with E-state index >= 15 is 0 Å². The summed E-state index contributed by atoms with van der Waals surface area (Å²) in [6.07, 6.45) is 2.37. The molecule has 1 rings (SSSR count). The molecule has 0 spiro atoms. The molecule has 0 amide bonds. The maximum Gasteiger partial charge on any atom is 0.242 e. The van der Waals surface area contributed by atoms with Gasteiger partial charge < -0.3 is 15.2 Å². The van der Waals surface area contributed by atoms with Crippen molar-refractivity contribution in [2.75, 3.05) is 20.1 Å². The van der Waals surface area contributed by atoms with Crippen LogP contribution in [0.15, 0.2) is 17.2 Å². The van der Waals surface area contributed by atoms with E-state index in [9.17, 15) is 8.42 Å². The van der Waals surface area contributed by atoms with E-state index in [2.05, 4.69) is 23.5 Å². The van der Waals surface area contributed by atoms with Crippen LogP contribution >= 0.6 is 0 Å². The highest BCUT2D eigenvalue weighted by atomic mass is 32.2. The Kier molecular flexibility index (Phi) is 6.19. The number of hydrogen-bond donors (Lipinski definition) is 2. The summed E-state index contributed by atoms with van der Waals surface area (Å²) in [5.74, 6) is 0. The molecule has 0 saturated heterocycles. The first-order valence-corrected chi connectivity index (χ1v) is 8.31. The smallest absolute Gasteiger partial charge is 0.242 e. The molecule has 0 aliphatic rings. The fourth-order valence-corrected chi connectivity index (χ4v) is 2.97. The van der Waals surface area contributed by atoms with Crippen LogP contribution in [-0.2, 0) is 23.6 Å². The second kappa shape index (κ2) is 7.21. The molecule has 116 valence electrons. The topological polar surface area (TPSA) is 80.4 Å². The van der Waals surface area contributed by atoms with Gasteiger partial charge in [0.05, 0.1) is 4.90 Å². The molecule has 1 aromatic rings. The Morgan fingerprint density at radius 1 is 1.45 bits per heavy atom. The number of hydrogen-bond acceptors (Lipinski definition) is 4. The second-order valence-electron chi connectivity index (χ2n) is 5.31. The lowest BCUT2D eigenvalue weighted by Gasteiger charge is -2.20. The van der Waals surface area contributed by atoms with E-state index in [0.717, 1.165) is 18.7 Å². The van der Waals surface area contributed by atoms with Gasteiger partial charge in [0.25, 0.3) is 0 Å². The predicted octanol–water partition coefficient (Wildman–Crippen LogP) is 0.492. The summed E-state index contributed by atoms with van der Waals surface area (Å²) in [4.78, 5) is 2.46. The number of rotatable bonds is 8. The van der Waals surface area contributed by atoms with Gasteiger partial charge in [0.15, 0.2) is 0 Å². The van der Waals surface area contributed by atoms with E-state index in [0.29, 0.717) is 19.1 Å². The summed E-state index contributed by atoms with van der Waals surface area (Å²) >= 11 is 0. The van der Waals surface area contributed by atoms with Crippen LogP contribution in [0.1, 0.15) is 26.0 Å². The molecule has 1 aromatic heterocycles. The molecule has 0 saturated carbocycles. The van der Waals surface area contributed by atoms with Gasteiger partial charge in [0.2, 0.25) is 10.0 Å². The van der Waals surface area contributed by atoms with Gasteiger partial charge in [-0.2, -0.15) is 0 Å². The zero-order valence-electron chi connectivity index (χ0n) is 12.8. The van der Waals surface area contributed by atoms with Crippen LogP contribution in [-0.4, -0.2) is 44.1 Å². The number of nitrogens with zero attached hydrogens (tertiary/aromatic N) is 2. The maximum absolute atomic E-state index is 12.1. The first kappa shape index (κ1) is 17.2. The fraction of sp³-hybridized carbons (Fsp3) is 0.692. The third kappa shape index (κ3) is 4.59. The summed E-state index contributed by atoms with van der Waals surface area (Å²) < 4.78 is 28.6. The summed E-state index contributed by atoms with van der Waals surface area (Å²) in [6, 6.07) is 2.08. The Morgan fingerprint density at radius 3 is 2.60 bits per heavy atom. The molecule has 7 heteroatoms. The molecular weight excluding hydrogens is 276 g/mol. The molecule has 0 unspecified atom stereocenters. The van der Waals surface area contributed by atoms with Crippen molar-refractivity contribution in [1.82, 2.24) is 14.2 Å². The minimum absolute atomic E-state index is 0.276. The average molecular weight is 302 g/mol. The van der Waals surface area contributed by atoms with E-state index in [4.69, 9.17) is 5.73 Å². The van der Waals surface area contributed by atoms with Crippen molar-refractivity contribution in [3.05, 3.63) is 18.0 Å². The minimum Gasteiger partial charge on any atom is -0.352 e. The van der Waals surface area contributed by atoms with Gasteiger partial charge in [0, 0.05) is 38.1 Å². The summed E-state index contributed by atoms with van der Waals surface area (Å²) in [5.41, 5.74) is 6.35. The zero-order chi connectivity index (χ0) is 15.3. The number of nitrogens with two attached hydrogens (primary N) is 1. The van der Waals surface area contributed by atoms with E-state index in [-0.39, 0.29) is 4.90 Å². The third-order valence-corrected chi connectivity index (χ3v) is 4.89. The van der Waals surface area contributed by atoms with E-state index in [1.54, 1.807) is 23.9 Å². The Labute approximate surface area is 122 Å². The van der Waals surface area contributed by atoms with E-state index in [1.165, 1.54) is 0 Å². The molecule has 0 radical (unpaired) electrons. The molecule has 6 nitrogen and oxygen atoms in total. The summed E-state index contributed by atoms with van der Waals surface area (Å²) in [6.45, 7) is 5.85. The van der Waals surface area contributed by atoms with Crippen molar-refractivity contribution >= 4 is 10.0 Å². The lowest BCUT2D eigenvalue weighted by molar-refractivity contribution is 0.271. The molecule has 20 heavy (non-hydrogen) atoms. The van der Waals surface area contributed by atoms with Crippen molar-refractivity contribution in [2.45, 2.75) is 37.8 Å². The van der Waals surface area contributed by atoms with Crippen LogP contribution in [0, 0.1) is 0 Å². The number of sulfonamides is 1. The van der Waals surface area contributed by atoms with Gasteiger partial charge in [-0.15, -0.1) is 0 Å². The molecule has 0 aliphatic heterocycles. The largest absolute Gasteiger partial charge is 0.352 e. The van der Waals surface area contributed by atoms with Crippen molar-refractivity contribution in [3.63, 3.8) is 0 Å². The van der Waals surface area contributed by atoms with Crippen LogP contribution in [0.2, 0.25) is 0 Å². The maximum atomic E-state index is 12.1. The Morgan fingerprint density at radius 2 is 2.10 bits per heavy atom. The molecule has 0 aliphatic carbocycles.